The molecule has 0 saturated carbocycles. The number of benzene rings is 1. The van der Waals surface area contributed by atoms with Gasteiger partial charge in [-0.1, -0.05) is 45.4 Å². The molecule has 1 aromatic carbocycles. The topological polar surface area (TPSA) is 110 Å². The smallest absolute Gasteiger partial charge is 0.309 e. The van der Waals surface area contributed by atoms with Crippen LogP contribution in [-0.2, 0) is 14.3 Å². The van der Waals surface area contributed by atoms with E-state index in [0.717, 1.165) is 24.8 Å². The fraction of sp³-hybridized carbons (Fsp3) is 0.607. The van der Waals surface area contributed by atoms with Crippen molar-refractivity contribution in [1.29, 1.82) is 0 Å². The maximum atomic E-state index is 13.2. The summed E-state index contributed by atoms with van der Waals surface area (Å²) in [5, 5.41) is 21.6. The van der Waals surface area contributed by atoms with Crippen LogP contribution in [0.4, 0.5) is 0 Å². The first kappa shape index (κ1) is 27.1. The monoisotopic (exact) mass is 485 g/mol. The number of Topliss-reactive ketones (excluding diaryl/α,β-unsaturated/α-hetero) is 1. The summed E-state index contributed by atoms with van der Waals surface area (Å²) in [6.07, 6.45) is 2.15. The van der Waals surface area contributed by atoms with Crippen LogP contribution in [0.25, 0.3) is 11.1 Å². The lowest BCUT2D eigenvalue weighted by Crippen LogP contribution is -2.45. The number of oxazole rings is 1. The molecular formula is C28H39NO6. The van der Waals surface area contributed by atoms with Crippen LogP contribution in [0.1, 0.15) is 84.3 Å². The van der Waals surface area contributed by atoms with E-state index < -0.39 is 35.6 Å². The predicted octanol–water partition coefficient (Wildman–Crippen LogP) is 5.22. The van der Waals surface area contributed by atoms with Gasteiger partial charge in [0, 0.05) is 19.3 Å². The van der Waals surface area contributed by atoms with Gasteiger partial charge in [-0.2, -0.15) is 0 Å². The SMILES string of the molecule is C/C1=C/C[C@@H](c2ccc3oc(C)nc3c2)OC(=O)C[C@H](O)C(C)(C)C(=O)[C@H](C)[C@@H](O)[C@@H](C)CCC1. The molecule has 0 bridgehead atoms. The highest BCUT2D eigenvalue weighted by atomic mass is 16.5. The minimum absolute atomic E-state index is 0.0574. The zero-order valence-electron chi connectivity index (χ0n) is 21.7. The number of ether oxygens (including phenoxy) is 1. The number of nitrogens with zero attached hydrogens (tertiary/aromatic N) is 1. The molecule has 0 fully saturated rings. The number of carbonyl (C=O) groups excluding carboxylic acids is 2. The van der Waals surface area contributed by atoms with E-state index in [9.17, 15) is 19.8 Å². The number of aryl methyl sites for hydroxylation is 1. The van der Waals surface area contributed by atoms with Gasteiger partial charge >= 0.3 is 5.97 Å². The standard InChI is InChI=1S/C28H39NO6/c1-16-8-7-9-17(2)26(32)18(3)27(33)28(5,6)24(30)15-25(31)35-22(12-10-16)20-11-13-23-21(14-20)29-19(4)34-23/h10-11,13-14,17-18,22,24,26,30,32H,7-9,12,15H2,1-6H3/b16-10-/t17-,18+,22-,24-,26-/m0/s1. The number of aromatic nitrogens is 1. The van der Waals surface area contributed by atoms with Crippen LogP contribution in [0, 0.1) is 24.2 Å². The number of hydrogen-bond donors (Lipinski definition) is 2. The number of fused-ring (bicyclic) bond motifs is 1. The van der Waals surface area contributed by atoms with Crippen LogP contribution in [0.15, 0.2) is 34.3 Å². The molecule has 192 valence electrons. The Hall–Kier alpha value is -2.51. The third kappa shape index (κ3) is 6.39. The molecule has 0 saturated heterocycles. The molecule has 35 heavy (non-hydrogen) atoms. The number of rotatable bonds is 1. The van der Waals surface area contributed by atoms with Crippen LogP contribution < -0.4 is 0 Å². The summed E-state index contributed by atoms with van der Waals surface area (Å²) in [6, 6.07) is 5.54. The lowest BCUT2D eigenvalue weighted by atomic mass is 9.73. The number of ketones is 1. The Morgan fingerprint density at radius 3 is 2.54 bits per heavy atom. The number of aliphatic hydroxyl groups excluding tert-OH is 2. The van der Waals surface area contributed by atoms with Crippen molar-refractivity contribution in [2.24, 2.45) is 17.3 Å². The summed E-state index contributed by atoms with van der Waals surface area (Å²) in [5.74, 6) is -0.992. The van der Waals surface area contributed by atoms with E-state index in [1.807, 2.05) is 32.0 Å². The van der Waals surface area contributed by atoms with E-state index in [1.54, 1.807) is 27.7 Å². The van der Waals surface area contributed by atoms with Crippen molar-refractivity contribution in [3.05, 3.63) is 41.3 Å². The van der Waals surface area contributed by atoms with Crippen molar-refractivity contribution >= 4 is 22.9 Å². The molecule has 0 aliphatic carbocycles. The average molecular weight is 486 g/mol. The lowest BCUT2D eigenvalue weighted by Gasteiger charge is -2.34. The van der Waals surface area contributed by atoms with Gasteiger partial charge in [-0.05, 0) is 49.8 Å². The van der Waals surface area contributed by atoms with Gasteiger partial charge < -0.3 is 19.4 Å². The number of esters is 1. The molecule has 3 rings (SSSR count). The molecule has 2 heterocycles. The van der Waals surface area contributed by atoms with Crippen molar-refractivity contribution in [3.8, 4) is 0 Å². The molecule has 5 atom stereocenters. The minimum Gasteiger partial charge on any atom is -0.457 e. The first-order chi connectivity index (χ1) is 16.4. The second kappa shape index (κ2) is 11.0. The van der Waals surface area contributed by atoms with Crippen molar-refractivity contribution in [2.75, 3.05) is 0 Å². The molecule has 0 spiro atoms. The zero-order valence-corrected chi connectivity index (χ0v) is 21.7. The van der Waals surface area contributed by atoms with E-state index in [0.29, 0.717) is 23.4 Å². The Labute approximate surface area is 207 Å². The van der Waals surface area contributed by atoms with Crippen LogP contribution in [0.3, 0.4) is 0 Å². The number of hydrogen-bond acceptors (Lipinski definition) is 7. The van der Waals surface area contributed by atoms with E-state index in [2.05, 4.69) is 11.1 Å². The summed E-state index contributed by atoms with van der Waals surface area (Å²) in [6.45, 7) is 10.7. The lowest BCUT2D eigenvalue weighted by molar-refractivity contribution is -0.155. The van der Waals surface area contributed by atoms with Gasteiger partial charge in [0.2, 0.25) is 0 Å². The Kier molecular flexibility index (Phi) is 8.54. The molecule has 2 N–H and O–H groups in total. The maximum absolute atomic E-state index is 13.2. The van der Waals surface area contributed by atoms with Gasteiger partial charge in [0.15, 0.2) is 11.5 Å². The molecular weight excluding hydrogens is 446 g/mol. The quantitative estimate of drug-likeness (QED) is 0.421. The molecule has 0 radical (unpaired) electrons. The summed E-state index contributed by atoms with van der Waals surface area (Å²) < 4.78 is 11.4. The van der Waals surface area contributed by atoms with Gasteiger partial charge in [-0.15, -0.1) is 0 Å². The molecule has 1 aliphatic heterocycles. The van der Waals surface area contributed by atoms with Gasteiger partial charge in [-0.25, -0.2) is 4.98 Å². The highest BCUT2D eigenvalue weighted by Gasteiger charge is 2.42. The number of cyclic esters (lactones) is 1. The van der Waals surface area contributed by atoms with Gasteiger partial charge in [-0.3, -0.25) is 9.59 Å². The Morgan fingerprint density at radius 1 is 1.11 bits per heavy atom. The Bertz CT molecular complexity index is 1080. The van der Waals surface area contributed by atoms with E-state index in [4.69, 9.17) is 9.15 Å². The largest absolute Gasteiger partial charge is 0.457 e. The molecule has 0 unspecified atom stereocenters. The average Bonchev–Trinajstić information content (AvgIpc) is 3.18. The maximum Gasteiger partial charge on any atom is 0.309 e. The first-order valence-corrected chi connectivity index (χ1v) is 12.5. The van der Waals surface area contributed by atoms with Gasteiger partial charge in [0.05, 0.1) is 24.0 Å². The third-order valence-electron chi connectivity index (χ3n) is 7.41. The van der Waals surface area contributed by atoms with Crippen molar-refractivity contribution in [3.63, 3.8) is 0 Å². The molecule has 1 aliphatic rings. The van der Waals surface area contributed by atoms with Crippen molar-refractivity contribution in [1.82, 2.24) is 4.98 Å². The minimum atomic E-state index is -1.24. The predicted molar refractivity (Wildman–Crippen MR) is 134 cm³/mol. The van der Waals surface area contributed by atoms with Crippen LogP contribution in [-0.4, -0.2) is 39.2 Å². The summed E-state index contributed by atoms with van der Waals surface area (Å²) in [4.78, 5) is 30.5. The normalized spacial score (nSPS) is 31.1. The van der Waals surface area contributed by atoms with E-state index in [1.165, 1.54) is 5.57 Å². The second-order valence-electron chi connectivity index (χ2n) is 10.7. The van der Waals surface area contributed by atoms with Gasteiger partial charge in [0.25, 0.3) is 0 Å². The van der Waals surface area contributed by atoms with Crippen LogP contribution in [0.2, 0.25) is 0 Å². The zero-order chi connectivity index (χ0) is 25.9. The molecule has 7 nitrogen and oxygen atoms in total. The summed E-state index contributed by atoms with van der Waals surface area (Å²) in [5.41, 5.74) is 2.11. The summed E-state index contributed by atoms with van der Waals surface area (Å²) in [7, 11) is 0. The molecule has 1 aromatic heterocycles. The number of aliphatic hydroxyl groups is 2. The van der Waals surface area contributed by atoms with E-state index >= 15 is 0 Å². The fourth-order valence-corrected chi connectivity index (χ4v) is 4.81. The fourth-order valence-electron chi connectivity index (χ4n) is 4.81. The molecule has 2 aromatic rings. The molecule has 7 heteroatoms. The van der Waals surface area contributed by atoms with Crippen molar-refractivity contribution < 1.29 is 29.0 Å². The number of carbonyl (C=O) groups is 2. The second-order valence-corrected chi connectivity index (χ2v) is 10.7. The molecule has 0 amide bonds. The highest BCUT2D eigenvalue weighted by Crippen LogP contribution is 2.33. The first-order valence-electron chi connectivity index (χ1n) is 12.5. The Morgan fingerprint density at radius 2 is 1.83 bits per heavy atom. The summed E-state index contributed by atoms with van der Waals surface area (Å²) >= 11 is 0. The van der Waals surface area contributed by atoms with Gasteiger partial charge in [0.1, 0.15) is 17.4 Å². The van der Waals surface area contributed by atoms with Crippen LogP contribution in [0.5, 0.6) is 0 Å². The third-order valence-corrected chi connectivity index (χ3v) is 7.41. The number of allylic oxidation sites excluding steroid dienone is 1. The van der Waals surface area contributed by atoms with Crippen molar-refractivity contribution in [2.45, 2.75) is 92.0 Å². The van der Waals surface area contributed by atoms with E-state index in [-0.39, 0.29) is 18.1 Å². The van der Waals surface area contributed by atoms with Crippen LogP contribution >= 0.6 is 0 Å². The highest BCUT2D eigenvalue weighted by molar-refractivity contribution is 5.88. The Balaban J connectivity index is 1.91.